The summed E-state index contributed by atoms with van der Waals surface area (Å²) in [7, 11) is 0. The van der Waals surface area contributed by atoms with Crippen molar-refractivity contribution in [3.05, 3.63) is 182 Å². The molecule has 0 radical (unpaired) electrons. The second-order valence-electron chi connectivity index (χ2n) is 12.8. The van der Waals surface area contributed by atoms with Gasteiger partial charge in [-0.05, 0) is 92.3 Å². The van der Waals surface area contributed by atoms with Gasteiger partial charge in [0.05, 0.1) is 22.0 Å². The lowest BCUT2D eigenvalue weighted by atomic mass is 9.97. The lowest BCUT2D eigenvalue weighted by Gasteiger charge is -2.27. The fourth-order valence-electron chi connectivity index (χ4n) is 7.48. The maximum Gasteiger partial charge on any atom is 0.227 e. The van der Waals surface area contributed by atoms with E-state index in [-0.39, 0.29) is 0 Å². The third-order valence-corrected chi connectivity index (χ3v) is 9.86. The number of hydrogen-bond donors (Lipinski definition) is 0. The number of furan rings is 1. The zero-order valence-electron chi connectivity index (χ0n) is 27.1. The number of pyridine rings is 1. The SMILES string of the molecule is c1ccc2nc3oc4cccc(N(c5ccc(-c6cccc7ccccc67)cc5)c5ccc(-c6cccc7ccccc67)cc5)c4c3cc2c1. The second kappa shape index (κ2) is 11.5. The van der Waals surface area contributed by atoms with Gasteiger partial charge in [0.2, 0.25) is 5.71 Å². The zero-order valence-corrected chi connectivity index (χ0v) is 27.1. The van der Waals surface area contributed by atoms with Gasteiger partial charge in [-0.25, -0.2) is 4.98 Å². The van der Waals surface area contributed by atoms with Crippen molar-refractivity contribution in [1.29, 1.82) is 0 Å². The monoisotopic (exact) mass is 638 g/mol. The molecule has 0 amide bonds. The smallest absolute Gasteiger partial charge is 0.227 e. The minimum atomic E-state index is 0.642. The number of hydrogen-bond acceptors (Lipinski definition) is 3. The molecule has 8 aromatic carbocycles. The molecular formula is C47H30N2O. The van der Waals surface area contributed by atoms with Gasteiger partial charge in [-0.15, -0.1) is 0 Å². The Bertz CT molecular complexity index is 2730. The van der Waals surface area contributed by atoms with Crippen molar-refractivity contribution in [2.45, 2.75) is 0 Å². The Morgan fingerprint density at radius 1 is 0.420 bits per heavy atom. The summed E-state index contributed by atoms with van der Waals surface area (Å²) in [6, 6.07) is 64.7. The summed E-state index contributed by atoms with van der Waals surface area (Å²) in [5.41, 5.74) is 10.3. The number of benzene rings is 8. The Morgan fingerprint density at radius 2 is 0.940 bits per heavy atom. The molecule has 0 aliphatic heterocycles. The molecule has 0 aliphatic rings. The molecule has 0 unspecified atom stereocenters. The van der Waals surface area contributed by atoms with E-state index in [4.69, 9.17) is 9.40 Å². The number of nitrogens with zero attached hydrogens (tertiary/aromatic N) is 2. The van der Waals surface area contributed by atoms with Crippen molar-refractivity contribution < 1.29 is 4.42 Å². The van der Waals surface area contributed by atoms with Crippen LogP contribution in [0.25, 0.3) is 76.8 Å². The van der Waals surface area contributed by atoms with Gasteiger partial charge < -0.3 is 9.32 Å². The zero-order chi connectivity index (χ0) is 33.0. The molecule has 0 atom stereocenters. The molecule has 0 aliphatic carbocycles. The minimum absolute atomic E-state index is 0.642. The maximum absolute atomic E-state index is 6.42. The van der Waals surface area contributed by atoms with E-state index in [1.807, 2.05) is 18.2 Å². The second-order valence-corrected chi connectivity index (χ2v) is 12.8. The van der Waals surface area contributed by atoms with Crippen LogP contribution in [0.1, 0.15) is 0 Å². The predicted octanol–water partition coefficient (Wildman–Crippen LogP) is 13.2. The Labute approximate surface area is 289 Å². The summed E-state index contributed by atoms with van der Waals surface area (Å²) < 4.78 is 6.42. The van der Waals surface area contributed by atoms with E-state index in [0.717, 1.165) is 44.3 Å². The highest BCUT2D eigenvalue weighted by Crippen LogP contribution is 2.44. The van der Waals surface area contributed by atoms with E-state index in [9.17, 15) is 0 Å². The van der Waals surface area contributed by atoms with Crippen LogP contribution in [0.4, 0.5) is 17.1 Å². The molecule has 3 nitrogen and oxygen atoms in total. The van der Waals surface area contributed by atoms with E-state index in [1.165, 1.54) is 43.8 Å². The van der Waals surface area contributed by atoms with Gasteiger partial charge in [0.1, 0.15) is 5.58 Å². The first kappa shape index (κ1) is 28.3. The number of aromatic nitrogens is 1. The average molecular weight is 639 g/mol. The molecule has 0 saturated carbocycles. The third kappa shape index (κ3) is 4.63. The Hall–Kier alpha value is -6.71. The van der Waals surface area contributed by atoms with Gasteiger partial charge in [-0.3, -0.25) is 0 Å². The molecule has 10 rings (SSSR count). The van der Waals surface area contributed by atoms with Crippen molar-refractivity contribution in [2.24, 2.45) is 0 Å². The van der Waals surface area contributed by atoms with E-state index in [0.29, 0.717) is 5.71 Å². The average Bonchev–Trinajstić information content (AvgIpc) is 3.55. The van der Waals surface area contributed by atoms with Crippen LogP contribution in [-0.4, -0.2) is 4.98 Å². The third-order valence-electron chi connectivity index (χ3n) is 9.86. The first-order chi connectivity index (χ1) is 24.8. The van der Waals surface area contributed by atoms with Crippen molar-refractivity contribution in [3.63, 3.8) is 0 Å². The minimum Gasteiger partial charge on any atom is -0.438 e. The molecule has 2 heterocycles. The normalized spacial score (nSPS) is 11.6. The van der Waals surface area contributed by atoms with E-state index in [2.05, 4.69) is 169 Å². The number of anilines is 3. The van der Waals surface area contributed by atoms with Crippen LogP contribution >= 0.6 is 0 Å². The van der Waals surface area contributed by atoms with Crippen LogP contribution in [-0.2, 0) is 0 Å². The number of fused-ring (bicyclic) bond motifs is 6. The molecule has 0 saturated heterocycles. The molecule has 0 N–H and O–H groups in total. The number of rotatable bonds is 5. The highest BCUT2D eigenvalue weighted by atomic mass is 16.3. The van der Waals surface area contributed by atoms with Gasteiger partial charge in [0.15, 0.2) is 0 Å². The van der Waals surface area contributed by atoms with Crippen LogP contribution in [0, 0.1) is 0 Å². The summed E-state index contributed by atoms with van der Waals surface area (Å²) in [6.07, 6.45) is 0. The molecule has 3 heteroatoms. The van der Waals surface area contributed by atoms with E-state index >= 15 is 0 Å². The molecule has 0 fully saturated rings. The van der Waals surface area contributed by atoms with Crippen molar-refractivity contribution in [2.75, 3.05) is 4.90 Å². The first-order valence-electron chi connectivity index (χ1n) is 17.0. The van der Waals surface area contributed by atoms with E-state index in [1.54, 1.807) is 0 Å². The maximum atomic E-state index is 6.42. The summed E-state index contributed by atoms with van der Waals surface area (Å²) in [5, 5.41) is 8.10. The van der Waals surface area contributed by atoms with Gasteiger partial charge in [0.25, 0.3) is 0 Å². The number of para-hydroxylation sites is 1. The van der Waals surface area contributed by atoms with Crippen LogP contribution < -0.4 is 4.90 Å². The lowest BCUT2D eigenvalue weighted by molar-refractivity contribution is 0.656. The van der Waals surface area contributed by atoms with Crippen LogP contribution in [0.15, 0.2) is 186 Å². The molecule has 10 aromatic rings. The Balaban J connectivity index is 1.16. The van der Waals surface area contributed by atoms with Crippen molar-refractivity contribution >= 4 is 71.6 Å². The quantitative estimate of drug-likeness (QED) is 0.188. The van der Waals surface area contributed by atoms with Crippen LogP contribution in [0.2, 0.25) is 0 Å². The van der Waals surface area contributed by atoms with Gasteiger partial charge in [0, 0.05) is 16.8 Å². The Kier molecular flexibility index (Phi) is 6.49. The summed E-state index contributed by atoms with van der Waals surface area (Å²) >= 11 is 0. The van der Waals surface area contributed by atoms with Gasteiger partial charge in [-0.1, -0.05) is 133 Å². The van der Waals surface area contributed by atoms with Crippen molar-refractivity contribution in [1.82, 2.24) is 4.98 Å². The highest BCUT2D eigenvalue weighted by molar-refractivity contribution is 6.14. The van der Waals surface area contributed by atoms with Crippen LogP contribution in [0.3, 0.4) is 0 Å². The summed E-state index contributed by atoms with van der Waals surface area (Å²) in [5.74, 6) is 0. The lowest BCUT2D eigenvalue weighted by Crippen LogP contribution is -2.10. The molecule has 50 heavy (non-hydrogen) atoms. The standard InChI is InChI=1S/C47H30N2O/c1-4-15-38-31(10-1)13-7-17-40(38)33-22-26-36(27-23-33)49(37-28-24-34(25-29-37)41-18-8-14-32-11-2-5-16-39(32)41)44-20-9-21-45-46(44)42-30-35-12-3-6-19-43(35)48-47(42)50-45/h1-30H. The van der Waals surface area contributed by atoms with Gasteiger partial charge in [-0.2, -0.15) is 0 Å². The van der Waals surface area contributed by atoms with E-state index < -0.39 is 0 Å². The largest absolute Gasteiger partial charge is 0.438 e. The van der Waals surface area contributed by atoms with Crippen molar-refractivity contribution in [3.8, 4) is 22.3 Å². The molecular weight excluding hydrogens is 609 g/mol. The predicted molar refractivity (Wildman–Crippen MR) is 210 cm³/mol. The first-order valence-corrected chi connectivity index (χ1v) is 17.0. The van der Waals surface area contributed by atoms with Gasteiger partial charge >= 0.3 is 0 Å². The summed E-state index contributed by atoms with van der Waals surface area (Å²) in [6.45, 7) is 0. The fraction of sp³-hybridized carbons (Fsp3) is 0. The summed E-state index contributed by atoms with van der Waals surface area (Å²) in [4.78, 5) is 7.26. The van der Waals surface area contributed by atoms with Crippen LogP contribution in [0.5, 0.6) is 0 Å². The molecule has 234 valence electrons. The fourth-order valence-corrected chi connectivity index (χ4v) is 7.48. The molecule has 2 aromatic heterocycles. The topological polar surface area (TPSA) is 29.3 Å². The Morgan fingerprint density at radius 3 is 1.56 bits per heavy atom. The molecule has 0 spiro atoms. The highest BCUT2D eigenvalue weighted by Gasteiger charge is 2.21. The molecule has 0 bridgehead atoms.